The lowest BCUT2D eigenvalue weighted by Gasteiger charge is -2.34. The maximum absolute atomic E-state index is 12.8. The van der Waals surface area contributed by atoms with Crippen LogP contribution < -0.4 is 4.90 Å². The number of rotatable bonds is 4. The summed E-state index contributed by atoms with van der Waals surface area (Å²) in [6.07, 6.45) is 2.46. The number of piperidine rings is 1. The molecule has 2 fully saturated rings. The van der Waals surface area contributed by atoms with Crippen LogP contribution in [0.25, 0.3) is 0 Å². The maximum Gasteiger partial charge on any atom is 0.338 e. The van der Waals surface area contributed by atoms with E-state index in [0.29, 0.717) is 23.8 Å². The van der Waals surface area contributed by atoms with E-state index in [4.69, 9.17) is 4.74 Å². The SMILES string of the molecule is CCOC(=O)c1ccc(N2C(=O)C[C@@H](N3CCC[C@@H](C)C3)C2=O)cc1. The van der Waals surface area contributed by atoms with E-state index in [1.807, 2.05) is 0 Å². The van der Waals surface area contributed by atoms with Crippen molar-refractivity contribution < 1.29 is 19.1 Å². The topological polar surface area (TPSA) is 66.9 Å². The molecule has 2 amide bonds. The van der Waals surface area contributed by atoms with Gasteiger partial charge in [-0.25, -0.2) is 9.69 Å². The molecule has 3 rings (SSSR count). The molecule has 0 unspecified atom stereocenters. The zero-order valence-corrected chi connectivity index (χ0v) is 14.7. The molecule has 1 aromatic rings. The second-order valence-corrected chi connectivity index (χ2v) is 6.80. The van der Waals surface area contributed by atoms with Gasteiger partial charge in [0.15, 0.2) is 0 Å². The number of imide groups is 1. The van der Waals surface area contributed by atoms with E-state index >= 15 is 0 Å². The van der Waals surface area contributed by atoms with E-state index < -0.39 is 5.97 Å². The number of esters is 1. The van der Waals surface area contributed by atoms with Crippen LogP contribution in [0.3, 0.4) is 0 Å². The molecule has 1 aromatic carbocycles. The quantitative estimate of drug-likeness (QED) is 0.619. The monoisotopic (exact) mass is 344 g/mol. The molecule has 6 heteroatoms. The molecule has 2 heterocycles. The van der Waals surface area contributed by atoms with Gasteiger partial charge in [0.25, 0.3) is 5.91 Å². The van der Waals surface area contributed by atoms with E-state index in [9.17, 15) is 14.4 Å². The summed E-state index contributed by atoms with van der Waals surface area (Å²) in [6.45, 7) is 5.96. The predicted octanol–water partition coefficient (Wildman–Crippen LogP) is 2.23. The minimum atomic E-state index is -0.409. The molecule has 0 N–H and O–H groups in total. The first kappa shape index (κ1) is 17.6. The highest BCUT2D eigenvalue weighted by Gasteiger charge is 2.43. The largest absolute Gasteiger partial charge is 0.462 e. The molecule has 0 aromatic heterocycles. The van der Waals surface area contributed by atoms with Crippen LogP contribution >= 0.6 is 0 Å². The fourth-order valence-electron chi connectivity index (χ4n) is 3.64. The van der Waals surface area contributed by atoms with Gasteiger partial charge in [0.05, 0.1) is 30.3 Å². The molecule has 0 bridgehead atoms. The van der Waals surface area contributed by atoms with E-state index in [1.54, 1.807) is 31.2 Å². The van der Waals surface area contributed by atoms with Crippen molar-refractivity contribution in [3.63, 3.8) is 0 Å². The van der Waals surface area contributed by atoms with Crippen molar-refractivity contribution in [3.8, 4) is 0 Å². The molecule has 2 atom stereocenters. The van der Waals surface area contributed by atoms with Crippen molar-refractivity contribution in [3.05, 3.63) is 29.8 Å². The number of benzene rings is 1. The second-order valence-electron chi connectivity index (χ2n) is 6.80. The van der Waals surface area contributed by atoms with Gasteiger partial charge in [-0.3, -0.25) is 14.5 Å². The number of anilines is 1. The zero-order chi connectivity index (χ0) is 18.0. The third-order valence-corrected chi connectivity index (χ3v) is 4.89. The van der Waals surface area contributed by atoms with Crippen molar-refractivity contribution in [2.45, 2.75) is 39.2 Å². The van der Waals surface area contributed by atoms with Crippen molar-refractivity contribution in [1.29, 1.82) is 0 Å². The summed E-state index contributed by atoms with van der Waals surface area (Å²) in [5, 5.41) is 0. The van der Waals surface area contributed by atoms with Gasteiger partial charge >= 0.3 is 5.97 Å². The van der Waals surface area contributed by atoms with Crippen LogP contribution in [0.4, 0.5) is 5.69 Å². The van der Waals surface area contributed by atoms with Crippen LogP contribution in [0, 0.1) is 5.92 Å². The number of ether oxygens (including phenoxy) is 1. The summed E-state index contributed by atoms with van der Waals surface area (Å²) in [7, 11) is 0. The highest BCUT2D eigenvalue weighted by Crippen LogP contribution is 2.28. The lowest BCUT2D eigenvalue weighted by molar-refractivity contribution is -0.123. The van der Waals surface area contributed by atoms with Crippen molar-refractivity contribution in [1.82, 2.24) is 4.90 Å². The van der Waals surface area contributed by atoms with Gasteiger partial charge in [0.1, 0.15) is 0 Å². The number of carbonyl (C=O) groups excluding carboxylic acids is 3. The van der Waals surface area contributed by atoms with Crippen molar-refractivity contribution in [2.75, 3.05) is 24.6 Å². The fraction of sp³-hybridized carbons (Fsp3) is 0.526. The zero-order valence-electron chi connectivity index (χ0n) is 14.7. The molecule has 0 spiro atoms. The average molecular weight is 344 g/mol. The number of hydrogen-bond donors (Lipinski definition) is 0. The first-order chi connectivity index (χ1) is 12.0. The van der Waals surface area contributed by atoms with Crippen LogP contribution in [0.5, 0.6) is 0 Å². The number of hydrogen-bond acceptors (Lipinski definition) is 5. The summed E-state index contributed by atoms with van der Waals surface area (Å²) in [5.74, 6) is -0.206. The van der Waals surface area contributed by atoms with Crippen LogP contribution in [0.15, 0.2) is 24.3 Å². The lowest BCUT2D eigenvalue weighted by Crippen LogP contribution is -2.46. The summed E-state index contributed by atoms with van der Waals surface area (Å²) < 4.78 is 4.95. The summed E-state index contributed by atoms with van der Waals surface area (Å²) in [6, 6.07) is 6.07. The second kappa shape index (κ2) is 7.35. The Hall–Kier alpha value is -2.21. The highest BCUT2D eigenvalue weighted by atomic mass is 16.5. The number of nitrogens with zero attached hydrogens (tertiary/aromatic N) is 2. The molecule has 2 saturated heterocycles. The Morgan fingerprint density at radius 3 is 2.60 bits per heavy atom. The fourth-order valence-corrected chi connectivity index (χ4v) is 3.64. The molecule has 2 aliphatic heterocycles. The molecular weight excluding hydrogens is 320 g/mol. The first-order valence-corrected chi connectivity index (χ1v) is 8.89. The van der Waals surface area contributed by atoms with Gasteiger partial charge in [-0.05, 0) is 56.5 Å². The molecule has 2 aliphatic rings. The Morgan fingerprint density at radius 2 is 1.96 bits per heavy atom. The van der Waals surface area contributed by atoms with Crippen LogP contribution in [-0.2, 0) is 14.3 Å². The van der Waals surface area contributed by atoms with Crippen molar-refractivity contribution >= 4 is 23.5 Å². The summed E-state index contributed by atoms with van der Waals surface area (Å²) in [5.41, 5.74) is 0.918. The van der Waals surface area contributed by atoms with Gasteiger partial charge in [-0.2, -0.15) is 0 Å². The van der Waals surface area contributed by atoms with Crippen LogP contribution in [0.2, 0.25) is 0 Å². The van der Waals surface area contributed by atoms with Crippen LogP contribution in [-0.4, -0.2) is 48.4 Å². The summed E-state index contributed by atoms with van der Waals surface area (Å²) in [4.78, 5) is 40.4. The molecule has 0 radical (unpaired) electrons. The first-order valence-electron chi connectivity index (χ1n) is 8.89. The standard InChI is InChI=1S/C19H24N2O4/c1-3-25-19(24)14-6-8-15(9-7-14)21-17(22)11-16(18(21)23)20-10-4-5-13(2)12-20/h6-9,13,16H,3-5,10-12H2,1-2H3/t13-,16-/m1/s1. The number of amides is 2. The summed E-state index contributed by atoms with van der Waals surface area (Å²) >= 11 is 0. The van der Waals surface area contributed by atoms with Crippen LogP contribution in [0.1, 0.15) is 43.5 Å². The predicted molar refractivity (Wildman–Crippen MR) is 93.3 cm³/mol. The van der Waals surface area contributed by atoms with Gasteiger partial charge < -0.3 is 4.74 Å². The highest BCUT2D eigenvalue weighted by molar-refractivity contribution is 6.22. The maximum atomic E-state index is 12.8. The minimum absolute atomic E-state index is 0.164. The van der Waals surface area contributed by atoms with E-state index in [-0.39, 0.29) is 24.3 Å². The Morgan fingerprint density at radius 1 is 1.24 bits per heavy atom. The molecule has 25 heavy (non-hydrogen) atoms. The van der Waals surface area contributed by atoms with Gasteiger partial charge in [0, 0.05) is 6.54 Å². The van der Waals surface area contributed by atoms with Crippen molar-refractivity contribution in [2.24, 2.45) is 5.92 Å². The normalized spacial score (nSPS) is 24.6. The third kappa shape index (κ3) is 3.58. The smallest absolute Gasteiger partial charge is 0.338 e. The third-order valence-electron chi connectivity index (χ3n) is 4.89. The number of carbonyl (C=O) groups is 3. The molecule has 6 nitrogen and oxygen atoms in total. The van der Waals surface area contributed by atoms with Gasteiger partial charge in [-0.15, -0.1) is 0 Å². The Balaban J connectivity index is 1.75. The van der Waals surface area contributed by atoms with Gasteiger partial charge in [0.2, 0.25) is 5.91 Å². The van der Waals surface area contributed by atoms with Gasteiger partial charge in [-0.1, -0.05) is 6.92 Å². The average Bonchev–Trinajstić information content (AvgIpc) is 2.90. The Bertz CT molecular complexity index is 671. The molecule has 0 saturated carbocycles. The minimum Gasteiger partial charge on any atom is -0.462 e. The molecular formula is C19H24N2O4. The van der Waals surface area contributed by atoms with E-state index in [2.05, 4.69) is 11.8 Å². The van der Waals surface area contributed by atoms with E-state index in [1.165, 1.54) is 11.3 Å². The Labute approximate surface area is 147 Å². The lowest BCUT2D eigenvalue weighted by atomic mass is 9.98. The Kier molecular flexibility index (Phi) is 5.18. The molecule has 0 aliphatic carbocycles. The molecule has 134 valence electrons. The number of likely N-dealkylation sites (tertiary alicyclic amines) is 1. The van der Waals surface area contributed by atoms with E-state index in [0.717, 1.165) is 19.5 Å².